The second kappa shape index (κ2) is 11.8. The van der Waals surface area contributed by atoms with E-state index in [2.05, 4.69) is 10.3 Å². The van der Waals surface area contributed by atoms with E-state index in [1.165, 1.54) is 6.42 Å². The summed E-state index contributed by atoms with van der Waals surface area (Å²) in [6.45, 7) is 2.50. The van der Waals surface area contributed by atoms with Crippen LogP contribution >= 0.6 is 0 Å². The molecule has 1 saturated heterocycles. The SMILES string of the molecule is COCC[C@H]1CCCCN1C(=O)c1cc(NC(=O)C2CCCCC2)cc2ncn(CCOC)c12. The number of piperidine rings is 1. The summed E-state index contributed by atoms with van der Waals surface area (Å²) in [5, 5.41) is 3.10. The Kier molecular flexibility index (Phi) is 8.56. The lowest BCUT2D eigenvalue weighted by atomic mass is 9.88. The van der Waals surface area contributed by atoms with E-state index in [-0.39, 0.29) is 23.8 Å². The second-order valence-electron chi connectivity index (χ2n) is 9.58. The van der Waals surface area contributed by atoms with E-state index >= 15 is 0 Å². The number of carbonyl (C=O) groups is 2. The first-order valence-corrected chi connectivity index (χ1v) is 12.7. The van der Waals surface area contributed by atoms with Crippen molar-refractivity contribution in [2.75, 3.05) is 39.3 Å². The maximum absolute atomic E-state index is 14.0. The van der Waals surface area contributed by atoms with Crippen molar-refractivity contribution in [3.63, 3.8) is 0 Å². The minimum absolute atomic E-state index is 0.00117. The van der Waals surface area contributed by atoms with Crippen LogP contribution in [-0.2, 0) is 20.8 Å². The van der Waals surface area contributed by atoms with Gasteiger partial charge in [-0.25, -0.2) is 4.98 Å². The van der Waals surface area contributed by atoms with Crippen molar-refractivity contribution >= 4 is 28.5 Å². The number of carbonyl (C=O) groups excluding carboxylic acids is 2. The maximum atomic E-state index is 14.0. The van der Waals surface area contributed by atoms with Gasteiger partial charge in [0.15, 0.2) is 0 Å². The highest BCUT2D eigenvalue weighted by Gasteiger charge is 2.30. The monoisotopic (exact) mass is 470 g/mol. The van der Waals surface area contributed by atoms with Crippen molar-refractivity contribution in [1.29, 1.82) is 0 Å². The van der Waals surface area contributed by atoms with Gasteiger partial charge in [-0.3, -0.25) is 9.59 Å². The Morgan fingerprint density at radius 3 is 2.56 bits per heavy atom. The Morgan fingerprint density at radius 2 is 1.79 bits per heavy atom. The Balaban J connectivity index is 1.67. The molecule has 1 aliphatic heterocycles. The smallest absolute Gasteiger partial charge is 0.256 e. The zero-order chi connectivity index (χ0) is 23.9. The molecule has 1 atom stereocenters. The minimum Gasteiger partial charge on any atom is -0.385 e. The minimum atomic E-state index is -0.00117. The van der Waals surface area contributed by atoms with Crippen molar-refractivity contribution in [2.45, 2.75) is 70.4 Å². The second-order valence-corrected chi connectivity index (χ2v) is 9.58. The molecule has 1 N–H and O–H groups in total. The number of amides is 2. The summed E-state index contributed by atoms with van der Waals surface area (Å²) in [5.74, 6) is 0.0920. The van der Waals surface area contributed by atoms with Gasteiger partial charge in [0.25, 0.3) is 5.91 Å². The summed E-state index contributed by atoms with van der Waals surface area (Å²) in [7, 11) is 3.36. The highest BCUT2D eigenvalue weighted by atomic mass is 16.5. The molecule has 0 unspecified atom stereocenters. The van der Waals surface area contributed by atoms with E-state index < -0.39 is 0 Å². The molecule has 1 aliphatic carbocycles. The normalized spacial score (nSPS) is 19.5. The number of nitrogens with zero attached hydrogens (tertiary/aromatic N) is 3. The number of anilines is 1. The molecule has 2 aromatic rings. The first-order valence-electron chi connectivity index (χ1n) is 12.7. The summed E-state index contributed by atoms with van der Waals surface area (Å²) in [5.41, 5.74) is 2.75. The van der Waals surface area contributed by atoms with Gasteiger partial charge in [0, 0.05) is 51.6 Å². The van der Waals surface area contributed by atoms with Crippen LogP contribution in [0, 0.1) is 5.92 Å². The van der Waals surface area contributed by atoms with Crippen LogP contribution in [0.25, 0.3) is 11.0 Å². The number of rotatable bonds is 9. The van der Waals surface area contributed by atoms with Gasteiger partial charge in [-0.1, -0.05) is 19.3 Å². The largest absolute Gasteiger partial charge is 0.385 e. The molecule has 4 rings (SSSR count). The number of likely N-dealkylation sites (tertiary alicyclic amines) is 1. The molecule has 0 radical (unpaired) electrons. The number of methoxy groups -OCH3 is 2. The number of fused-ring (bicyclic) bond motifs is 1. The Morgan fingerprint density at radius 1 is 1.03 bits per heavy atom. The fourth-order valence-corrected chi connectivity index (χ4v) is 5.39. The molecule has 0 spiro atoms. The van der Waals surface area contributed by atoms with Crippen LogP contribution in [-0.4, -0.2) is 66.3 Å². The van der Waals surface area contributed by atoms with Crippen molar-refractivity contribution in [3.8, 4) is 0 Å². The summed E-state index contributed by atoms with van der Waals surface area (Å²) in [4.78, 5) is 33.5. The van der Waals surface area contributed by atoms with E-state index in [4.69, 9.17) is 9.47 Å². The van der Waals surface area contributed by atoms with Gasteiger partial charge in [0.2, 0.25) is 5.91 Å². The fourth-order valence-electron chi connectivity index (χ4n) is 5.39. The van der Waals surface area contributed by atoms with Crippen molar-refractivity contribution in [1.82, 2.24) is 14.5 Å². The molecule has 0 bridgehead atoms. The number of benzene rings is 1. The topological polar surface area (TPSA) is 85.7 Å². The lowest BCUT2D eigenvalue weighted by molar-refractivity contribution is -0.120. The molecular weight excluding hydrogens is 432 g/mol. The van der Waals surface area contributed by atoms with Gasteiger partial charge in [-0.05, 0) is 50.7 Å². The highest BCUT2D eigenvalue weighted by molar-refractivity contribution is 6.08. The average molecular weight is 471 g/mol. The van der Waals surface area contributed by atoms with Gasteiger partial charge in [-0.15, -0.1) is 0 Å². The lowest BCUT2D eigenvalue weighted by Crippen LogP contribution is -2.44. The Hall–Kier alpha value is -2.45. The predicted octanol–water partition coefficient (Wildman–Crippen LogP) is 4.23. The van der Waals surface area contributed by atoms with Gasteiger partial charge in [0.1, 0.15) is 0 Å². The number of hydrogen-bond acceptors (Lipinski definition) is 5. The van der Waals surface area contributed by atoms with Crippen LogP contribution in [0.2, 0.25) is 0 Å². The standard InChI is InChI=1S/C26H38N4O4/c1-33-14-11-21-10-6-7-12-30(21)26(32)22-16-20(28-25(31)19-8-4-3-5-9-19)17-23-24(22)29(18-27-23)13-15-34-2/h16-19,21H,3-15H2,1-2H3,(H,28,31)/t21-/m1/s1. The van der Waals surface area contributed by atoms with E-state index in [0.717, 1.165) is 63.4 Å². The van der Waals surface area contributed by atoms with Crippen molar-refractivity contribution in [3.05, 3.63) is 24.0 Å². The first-order chi connectivity index (χ1) is 16.6. The summed E-state index contributed by atoms with van der Waals surface area (Å²) >= 11 is 0. The summed E-state index contributed by atoms with van der Waals surface area (Å²) < 4.78 is 12.6. The molecule has 8 heteroatoms. The van der Waals surface area contributed by atoms with Crippen LogP contribution in [0.4, 0.5) is 5.69 Å². The van der Waals surface area contributed by atoms with Crippen molar-refractivity contribution in [2.24, 2.45) is 5.92 Å². The molecular formula is C26H38N4O4. The van der Waals surface area contributed by atoms with Crippen LogP contribution in [0.5, 0.6) is 0 Å². The van der Waals surface area contributed by atoms with Gasteiger partial charge in [0.05, 0.1) is 29.5 Å². The quantitative estimate of drug-likeness (QED) is 0.593. The molecule has 1 aromatic carbocycles. The van der Waals surface area contributed by atoms with E-state index in [1.54, 1.807) is 20.5 Å². The molecule has 2 heterocycles. The van der Waals surface area contributed by atoms with Gasteiger partial charge in [-0.2, -0.15) is 0 Å². The van der Waals surface area contributed by atoms with E-state index in [0.29, 0.717) is 36.5 Å². The molecule has 34 heavy (non-hydrogen) atoms. The van der Waals surface area contributed by atoms with E-state index in [9.17, 15) is 9.59 Å². The van der Waals surface area contributed by atoms with Crippen LogP contribution in [0.15, 0.2) is 18.5 Å². The molecule has 2 fully saturated rings. The maximum Gasteiger partial charge on any atom is 0.256 e. The molecule has 2 aliphatic rings. The zero-order valence-electron chi connectivity index (χ0n) is 20.6. The number of imidazole rings is 1. The number of ether oxygens (including phenoxy) is 2. The van der Waals surface area contributed by atoms with E-state index in [1.807, 2.05) is 21.6 Å². The summed E-state index contributed by atoms with van der Waals surface area (Å²) in [6.07, 6.45) is 11.0. The molecule has 186 valence electrons. The summed E-state index contributed by atoms with van der Waals surface area (Å²) in [6, 6.07) is 3.89. The van der Waals surface area contributed by atoms with Gasteiger partial charge >= 0.3 is 0 Å². The fraction of sp³-hybridized carbons (Fsp3) is 0.654. The third-order valence-electron chi connectivity index (χ3n) is 7.27. The average Bonchev–Trinajstić information content (AvgIpc) is 3.28. The Labute approximate surface area is 202 Å². The Bertz CT molecular complexity index is 983. The number of nitrogens with one attached hydrogen (secondary N) is 1. The van der Waals surface area contributed by atoms with Gasteiger partial charge < -0.3 is 24.3 Å². The molecule has 2 amide bonds. The lowest BCUT2D eigenvalue weighted by Gasteiger charge is -2.36. The third-order valence-corrected chi connectivity index (χ3v) is 7.27. The molecule has 8 nitrogen and oxygen atoms in total. The van der Waals surface area contributed by atoms with Crippen LogP contribution in [0.1, 0.15) is 68.1 Å². The predicted molar refractivity (Wildman–Crippen MR) is 132 cm³/mol. The van der Waals surface area contributed by atoms with Crippen LogP contribution in [0.3, 0.4) is 0 Å². The third kappa shape index (κ3) is 5.61. The van der Waals surface area contributed by atoms with Crippen LogP contribution < -0.4 is 5.32 Å². The van der Waals surface area contributed by atoms with Crippen molar-refractivity contribution < 1.29 is 19.1 Å². The zero-order valence-corrected chi connectivity index (χ0v) is 20.6. The first kappa shape index (κ1) is 24.7. The molecule has 1 saturated carbocycles. The highest BCUT2D eigenvalue weighted by Crippen LogP contribution is 2.30. The molecule has 1 aromatic heterocycles. The number of hydrogen-bond donors (Lipinski definition) is 1. The number of aromatic nitrogens is 2.